The topological polar surface area (TPSA) is 114 Å². The Morgan fingerprint density at radius 2 is 1.93 bits per heavy atom. The predicted molar refractivity (Wildman–Crippen MR) is 113 cm³/mol. The van der Waals surface area contributed by atoms with Crippen LogP contribution in [0.5, 0.6) is 0 Å². The highest BCUT2D eigenvalue weighted by Crippen LogP contribution is 2.26. The SMILES string of the molecule is CCS(=O)(=O)c1ncc(Cl)c(C(=O)N(Cc2ccccc2Cl)[C@@H]2CCS(=O)(=O)C2)n1. The smallest absolute Gasteiger partial charge is 0.274 e. The van der Waals surface area contributed by atoms with Crippen LogP contribution in [0, 0.1) is 0 Å². The van der Waals surface area contributed by atoms with Gasteiger partial charge in [-0.15, -0.1) is 0 Å². The van der Waals surface area contributed by atoms with Gasteiger partial charge < -0.3 is 4.90 Å². The van der Waals surface area contributed by atoms with E-state index in [1.165, 1.54) is 11.8 Å². The Hall–Kier alpha value is -1.75. The number of hydrogen-bond donors (Lipinski definition) is 0. The number of amides is 1. The van der Waals surface area contributed by atoms with E-state index in [0.717, 1.165) is 6.20 Å². The van der Waals surface area contributed by atoms with Crippen LogP contribution >= 0.6 is 23.2 Å². The number of carbonyl (C=O) groups excluding carboxylic acids is 1. The Bertz CT molecular complexity index is 1190. The van der Waals surface area contributed by atoms with Crippen molar-refractivity contribution in [2.75, 3.05) is 17.3 Å². The molecule has 8 nitrogen and oxygen atoms in total. The van der Waals surface area contributed by atoms with Crippen LogP contribution in [-0.2, 0) is 26.2 Å². The molecular weight excluding hydrogens is 473 g/mol. The van der Waals surface area contributed by atoms with Gasteiger partial charge in [0.25, 0.3) is 5.91 Å². The Balaban J connectivity index is 2.04. The Labute approximate surface area is 185 Å². The van der Waals surface area contributed by atoms with Crippen molar-refractivity contribution in [2.45, 2.75) is 31.1 Å². The number of halogens is 2. The molecule has 1 saturated heterocycles. The van der Waals surface area contributed by atoms with Crippen LogP contribution in [0.1, 0.15) is 29.4 Å². The van der Waals surface area contributed by atoms with Crippen molar-refractivity contribution in [3.8, 4) is 0 Å². The summed E-state index contributed by atoms with van der Waals surface area (Å²) < 4.78 is 48.3. The average Bonchev–Trinajstić information content (AvgIpc) is 3.06. The predicted octanol–water partition coefficient (Wildman–Crippen LogP) is 2.41. The molecule has 0 spiro atoms. The van der Waals surface area contributed by atoms with E-state index in [9.17, 15) is 21.6 Å². The lowest BCUT2D eigenvalue weighted by atomic mass is 10.1. The van der Waals surface area contributed by atoms with Gasteiger partial charge in [0.2, 0.25) is 15.0 Å². The molecule has 1 aliphatic heterocycles. The molecule has 1 aromatic carbocycles. The highest BCUT2D eigenvalue weighted by Gasteiger charge is 2.36. The van der Waals surface area contributed by atoms with Crippen LogP contribution in [0.4, 0.5) is 0 Å². The maximum absolute atomic E-state index is 13.4. The second-order valence-electron chi connectivity index (χ2n) is 6.83. The summed E-state index contributed by atoms with van der Waals surface area (Å²) >= 11 is 12.3. The lowest BCUT2D eigenvalue weighted by Gasteiger charge is -2.28. The molecule has 30 heavy (non-hydrogen) atoms. The molecule has 1 amide bonds. The van der Waals surface area contributed by atoms with Gasteiger partial charge in [0, 0.05) is 17.6 Å². The summed E-state index contributed by atoms with van der Waals surface area (Å²) in [6.07, 6.45) is 1.31. The number of nitrogens with zero attached hydrogens (tertiary/aromatic N) is 3. The summed E-state index contributed by atoms with van der Waals surface area (Å²) in [5.74, 6) is -1.17. The summed E-state index contributed by atoms with van der Waals surface area (Å²) in [6, 6.07) is 6.26. The van der Waals surface area contributed by atoms with Crippen LogP contribution in [0.15, 0.2) is 35.6 Å². The molecule has 1 aliphatic rings. The first-order valence-electron chi connectivity index (χ1n) is 9.04. The van der Waals surface area contributed by atoms with Crippen molar-refractivity contribution in [1.82, 2.24) is 14.9 Å². The summed E-state index contributed by atoms with van der Waals surface area (Å²) in [6.45, 7) is 1.46. The third-order valence-electron chi connectivity index (χ3n) is 4.79. The van der Waals surface area contributed by atoms with Crippen LogP contribution in [0.3, 0.4) is 0 Å². The molecular formula is C18H19Cl2N3O5S2. The monoisotopic (exact) mass is 491 g/mol. The fraction of sp³-hybridized carbons (Fsp3) is 0.389. The van der Waals surface area contributed by atoms with Gasteiger partial charge in [0.15, 0.2) is 15.5 Å². The van der Waals surface area contributed by atoms with Crippen LogP contribution in [-0.4, -0.2) is 60.9 Å². The number of sulfone groups is 2. The van der Waals surface area contributed by atoms with E-state index >= 15 is 0 Å². The fourth-order valence-corrected chi connectivity index (χ4v) is 5.91. The normalized spacial score (nSPS) is 18.3. The largest absolute Gasteiger partial charge is 0.329 e. The van der Waals surface area contributed by atoms with Crippen LogP contribution in [0.25, 0.3) is 0 Å². The Kier molecular flexibility index (Phi) is 6.71. The molecule has 3 rings (SSSR count). The second kappa shape index (κ2) is 8.78. The molecule has 1 fully saturated rings. The van der Waals surface area contributed by atoms with E-state index in [4.69, 9.17) is 23.2 Å². The highest BCUT2D eigenvalue weighted by atomic mass is 35.5. The molecule has 0 aliphatic carbocycles. The second-order valence-corrected chi connectivity index (χ2v) is 12.0. The molecule has 0 unspecified atom stereocenters. The quantitative estimate of drug-likeness (QED) is 0.569. The molecule has 162 valence electrons. The standard InChI is InChI=1S/C18H19Cl2N3O5S2/c1-2-30(27,28)18-21-9-15(20)16(22-18)17(24)23(13-7-8-29(25,26)11-13)10-12-5-3-4-6-14(12)19/h3-6,9,13H,2,7-8,10-11H2,1H3/t13-/m1/s1. The number of benzene rings is 1. The molecule has 2 heterocycles. The fourth-order valence-electron chi connectivity index (χ4n) is 3.11. The first kappa shape index (κ1) is 22.9. The number of aromatic nitrogens is 2. The van der Waals surface area contributed by atoms with Crippen molar-refractivity contribution in [2.24, 2.45) is 0 Å². The summed E-state index contributed by atoms with van der Waals surface area (Å²) in [5.41, 5.74) is 0.318. The van der Waals surface area contributed by atoms with Crippen molar-refractivity contribution in [3.63, 3.8) is 0 Å². The molecule has 1 atom stereocenters. The number of carbonyl (C=O) groups is 1. The third kappa shape index (κ3) is 4.93. The van der Waals surface area contributed by atoms with Crippen molar-refractivity contribution in [3.05, 3.63) is 51.8 Å². The minimum Gasteiger partial charge on any atom is -0.329 e. The number of hydrogen-bond acceptors (Lipinski definition) is 7. The van der Waals surface area contributed by atoms with Crippen molar-refractivity contribution in [1.29, 1.82) is 0 Å². The summed E-state index contributed by atoms with van der Waals surface area (Å²) in [4.78, 5) is 22.3. The maximum Gasteiger partial charge on any atom is 0.274 e. The zero-order valence-electron chi connectivity index (χ0n) is 16.0. The number of rotatable bonds is 6. The molecule has 1 aromatic heterocycles. The summed E-state index contributed by atoms with van der Waals surface area (Å²) in [5, 5.41) is -0.214. The van der Waals surface area contributed by atoms with Gasteiger partial charge >= 0.3 is 0 Å². The third-order valence-corrected chi connectivity index (χ3v) is 8.70. The van der Waals surface area contributed by atoms with E-state index in [1.54, 1.807) is 24.3 Å². The molecule has 0 saturated carbocycles. The molecule has 2 aromatic rings. The van der Waals surface area contributed by atoms with Gasteiger partial charge in [-0.1, -0.05) is 48.3 Å². The van der Waals surface area contributed by atoms with Crippen LogP contribution < -0.4 is 0 Å². The van der Waals surface area contributed by atoms with Gasteiger partial charge in [-0.05, 0) is 18.1 Å². The lowest BCUT2D eigenvalue weighted by molar-refractivity contribution is 0.0674. The van der Waals surface area contributed by atoms with Gasteiger partial charge in [0.1, 0.15) is 0 Å². The molecule has 0 radical (unpaired) electrons. The van der Waals surface area contributed by atoms with Crippen molar-refractivity contribution < 1.29 is 21.6 Å². The molecule has 0 N–H and O–H groups in total. The van der Waals surface area contributed by atoms with E-state index < -0.39 is 36.8 Å². The van der Waals surface area contributed by atoms with Crippen molar-refractivity contribution >= 4 is 48.8 Å². The Morgan fingerprint density at radius 3 is 2.53 bits per heavy atom. The zero-order valence-corrected chi connectivity index (χ0v) is 19.1. The average molecular weight is 492 g/mol. The van der Waals surface area contributed by atoms with E-state index in [-0.39, 0.29) is 40.9 Å². The molecule has 12 heteroatoms. The first-order valence-corrected chi connectivity index (χ1v) is 13.3. The minimum absolute atomic E-state index is 0.0227. The lowest BCUT2D eigenvalue weighted by Crippen LogP contribution is -2.41. The maximum atomic E-state index is 13.4. The first-order chi connectivity index (χ1) is 14.0. The molecule has 0 bridgehead atoms. The van der Waals surface area contributed by atoms with Gasteiger partial charge in [0.05, 0.1) is 28.5 Å². The van der Waals surface area contributed by atoms with Gasteiger partial charge in [-0.25, -0.2) is 26.8 Å². The zero-order chi connectivity index (χ0) is 22.1. The van der Waals surface area contributed by atoms with Gasteiger partial charge in [-0.3, -0.25) is 4.79 Å². The minimum atomic E-state index is -3.77. The van der Waals surface area contributed by atoms with E-state index in [2.05, 4.69) is 9.97 Å². The highest BCUT2D eigenvalue weighted by molar-refractivity contribution is 7.91. The van der Waals surface area contributed by atoms with E-state index in [0.29, 0.717) is 10.6 Å². The van der Waals surface area contributed by atoms with Crippen LogP contribution in [0.2, 0.25) is 10.0 Å². The van der Waals surface area contributed by atoms with Gasteiger partial charge in [-0.2, -0.15) is 0 Å². The summed E-state index contributed by atoms with van der Waals surface area (Å²) in [7, 11) is -7.06. The Morgan fingerprint density at radius 1 is 1.23 bits per heavy atom. The van der Waals surface area contributed by atoms with E-state index in [1.807, 2.05) is 0 Å².